The van der Waals surface area contributed by atoms with Crippen molar-refractivity contribution in [2.24, 2.45) is 5.41 Å². The Morgan fingerprint density at radius 3 is 2.45 bits per heavy atom. The van der Waals surface area contributed by atoms with Crippen LogP contribution >= 0.6 is 0 Å². The molecule has 0 aliphatic carbocycles. The van der Waals surface area contributed by atoms with E-state index in [9.17, 15) is 9.59 Å². The maximum Gasteiger partial charge on any atom is 0.255 e. The van der Waals surface area contributed by atoms with Gasteiger partial charge in [0.15, 0.2) is 11.5 Å². The molecule has 0 aromatic heterocycles. The zero-order valence-electron chi connectivity index (χ0n) is 18.8. The van der Waals surface area contributed by atoms with Crippen molar-refractivity contribution in [1.82, 2.24) is 0 Å². The summed E-state index contributed by atoms with van der Waals surface area (Å²) >= 11 is 0. The SMILES string of the molecule is CCOc1ccc(C(=O)Nc2ccc3c(c2)N(CC)C(=O)C(C)(C)CO3)cc1OCC. The van der Waals surface area contributed by atoms with Gasteiger partial charge in [0.2, 0.25) is 5.91 Å². The number of amides is 2. The third-order valence-corrected chi connectivity index (χ3v) is 5.04. The number of hydrogen-bond donors (Lipinski definition) is 1. The van der Waals surface area contributed by atoms with Crippen molar-refractivity contribution < 1.29 is 23.8 Å². The molecule has 0 bridgehead atoms. The predicted molar refractivity (Wildman–Crippen MR) is 120 cm³/mol. The van der Waals surface area contributed by atoms with E-state index in [2.05, 4.69) is 5.32 Å². The summed E-state index contributed by atoms with van der Waals surface area (Å²) < 4.78 is 17.1. The molecule has 2 aromatic carbocycles. The van der Waals surface area contributed by atoms with E-state index >= 15 is 0 Å². The number of carbonyl (C=O) groups excluding carboxylic acids is 2. The lowest BCUT2D eigenvalue weighted by Crippen LogP contribution is -2.42. The second-order valence-corrected chi connectivity index (χ2v) is 7.89. The Kier molecular flexibility index (Phi) is 6.73. The Hall–Kier alpha value is -3.22. The fourth-order valence-corrected chi connectivity index (χ4v) is 3.43. The van der Waals surface area contributed by atoms with Crippen molar-refractivity contribution in [2.75, 3.05) is 36.6 Å². The molecule has 31 heavy (non-hydrogen) atoms. The molecule has 166 valence electrons. The van der Waals surface area contributed by atoms with Gasteiger partial charge in [0.1, 0.15) is 12.4 Å². The number of hydrogen-bond acceptors (Lipinski definition) is 5. The van der Waals surface area contributed by atoms with Crippen molar-refractivity contribution in [3.63, 3.8) is 0 Å². The molecule has 2 amide bonds. The fourth-order valence-electron chi connectivity index (χ4n) is 3.43. The standard InChI is InChI=1S/C24H30N2O5/c1-6-26-18-14-17(10-12-19(18)31-15-24(4,5)23(26)28)25-22(27)16-9-11-20(29-7-2)21(13-16)30-8-3/h9-14H,6-8,15H2,1-5H3,(H,25,27). The maximum atomic E-state index is 12.9. The van der Waals surface area contributed by atoms with E-state index in [0.717, 1.165) is 0 Å². The topological polar surface area (TPSA) is 77.1 Å². The zero-order valence-corrected chi connectivity index (χ0v) is 18.8. The third-order valence-electron chi connectivity index (χ3n) is 5.04. The summed E-state index contributed by atoms with van der Waals surface area (Å²) in [7, 11) is 0. The first-order valence-electron chi connectivity index (χ1n) is 10.6. The minimum atomic E-state index is -0.629. The summed E-state index contributed by atoms with van der Waals surface area (Å²) in [6, 6.07) is 10.4. The minimum Gasteiger partial charge on any atom is -0.490 e. The van der Waals surface area contributed by atoms with E-state index in [1.54, 1.807) is 41.3 Å². The van der Waals surface area contributed by atoms with Gasteiger partial charge < -0.3 is 24.4 Å². The number of ether oxygens (including phenoxy) is 3. The molecule has 1 N–H and O–H groups in total. The van der Waals surface area contributed by atoms with Crippen LogP contribution in [0.3, 0.4) is 0 Å². The van der Waals surface area contributed by atoms with E-state index in [1.807, 2.05) is 34.6 Å². The number of benzene rings is 2. The highest BCUT2D eigenvalue weighted by atomic mass is 16.5. The molecule has 1 aliphatic rings. The Labute approximate surface area is 183 Å². The minimum absolute atomic E-state index is 0.00917. The monoisotopic (exact) mass is 426 g/mol. The van der Waals surface area contributed by atoms with Crippen LogP contribution in [0, 0.1) is 5.41 Å². The molecule has 0 unspecified atom stereocenters. The highest BCUT2D eigenvalue weighted by molar-refractivity contribution is 6.06. The summed E-state index contributed by atoms with van der Waals surface area (Å²) in [4.78, 5) is 27.5. The van der Waals surface area contributed by atoms with Crippen LogP contribution in [0.1, 0.15) is 45.0 Å². The second kappa shape index (κ2) is 9.29. The Morgan fingerprint density at radius 1 is 1.06 bits per heavy atom. The average Bonchev–Trinajstić information content (AvgIpc) is 2.83. The number of carbonyl (C=O) groups is 2. The summed E-state index contributed by atoms with van der Waals surface area (Å²) in [6.07, 6.45) is 0. The highest BCUT2D eigenvalue weighted by Gasteiger charge is 2.37. The molecule has 0 saturated carbocycles. The van der Waals surface area contributed by atoms with Crippen molar-refractivity contribution >= 4 is 23.2 Å². The third kappa shape index (κ3) is 4.76. The lowest BCUT2D eigenvalue weighted by Gasteiger charge is -2.27. The summed E-state index contributed by atoms with van der Waals surface area (Å²) in [5, 5.41) is 2.90. The molecule has 0 spiro atoms. The van der Waals surface area contributed by atoms with Gasteiger partial charge in [-0.15, -0.1) is 0 Å². The molecule has 0 radical (unpaired) electrons. The van der Waals surface area contributed by atoms with Crippen LogP contribution in [0.4, 0.5) is 11.4 Å². The largest absolute Gasteiger partial charge is 0.490 e. The number of fused-ring (bicyclic) bond motifs is 1. The predicted octanol–water partition coefficient (Wildman–Crippen LogP) is 4.51. The lowest BCUT2D eigenvalue weighted by molar-refractivity contribution is -0.127. The smallest absolute Gasteiger partial charge is 0.255 e. The molecular formula is C24H30N2O5. The molecule has 3 rings (SSSR count). The van der Waals surface area contributed by atoms with Crippen molar-refractivity contribution in [3.8, 4) is 17.2 Å². The molecule has 0 atom stereocenters. The van der Waals surface area contributed by atoms with Gasteiger partial charge in [0.05, 0.1) is 24.3 Å². The highest BCUT2D eigenvalue weighted by Crippen LogP contribution is 2.38. The van der Waals surface area contributed by atoms with Crippen LogP contribution in [0.2, 0.25) is 0 Å². The Morgan fingerprint density at radius 2 is 1.77 bits per heavy atom. The van der Waals surface area contributed by atoms with Crippen molar-refractivity contribution in [2.45, 2.75) is 34.6 Å². The first-order valence-corrected chi connectivity index (χ1v) is 10.6. The van der Waals surface area contributed by atoms with Gasteiger partial charge in [-0.3, -0.25) is 9.59 Å². The molecule has 1 aliphatic heterocycles. The first-order chi connectivity index (χ1) is 14.8. The summed E-state index contributed by atoms with van der Waals surface area (Å²) in [6.45, 7) is 11.2. The van der Waals surface area contributed by atoms with Crippen LogP contribution in [0.15, 0.2) is 36.4 Å². The van der Waals surface area contributed by atoms with Crippen LogP contribution in [-0.4, -0.2) is 38.2 Å². The first kappa shape index (κ1) is 22.5. The van der Waals surface area contributed by atoms with Crippen molar-refractivity contribution in [3.05, 3.63) is 42.0 Å². The number of rotatable bonds is 7. The maximum absolute atomic E-state index is 12.9. The van der Waals surface area contributed by atoms with Crippen LogP contribution in [-0.2, 0) is 4.79 Å². The number of anilines is 2. The van der Waals surface area contributed by atoms with E-state index in [1.165, 1.54) is 0 Å². The molecule has 7 nitrogen and oxygen atoms in total. The quantitative estimate of drug-likeness (QED) is 0.705. The fraction of sp³-hybridized carbons (Fsp3) is 0.417. The molecule has 7 heteroatoms. The van der Waals surface area contributed by atoms with Gasteiger partial charge in [-0.2, -0.15) is 0 Å². The lowest BCUT2D eigenvalue weighted by atomic mass is 9.93. The average molecular weight is 427 g/mol. The molecule has 1 heterocycles. The van der Waals surface area contributed by atoms with E-state index in [0.29, 0.717) is 60.6 Å². The van der Waals surface area contributed by atoms with E-state index in [4.69, 9.17) is 14.2 Å². The molecule has 0 saturated heterocycles. The van der Waals surface area contributed by atoms with Crippen molar-refractivity contribution in [1.29, 1.82) is 0 Å². The van der Waals surface area contributed by atoms with Crippen LogP contribution in [0.5, 0.6) is 17.2 Å². The van der Waals surface area contributed by atoms with Gasteiger partial charge in [-0.25, -0.2) is 0 Å². The summed E-state index contributed by atoms with van der Waals surface area (Å²) in [5.41, 5.74) is 1.04. The second-order valence-electron chi connectivity index (χ2n) is 7.89. The summed E-state index contributed by atoms with van der Waals surface area (Å²) in [5.74, 6) is 1.46. The van der Waals surface area contributed by atoms with E-state index in [-0.39, 0.29) is 11.8 Å². The number of nitrogens with zero attached hydrogens (tertiary/aromatic N) is 1. The van der Waals surface area contributed by atoms with Gasteiger partial charge >= 0.3 is 0 Å². The van der Waals surface area contributed by atoms with Gasteiger partial charge in [-0.1, -0.05) is 0 Å². The number of nitrogens with one attached hydrogen (secondary N) is 1. The van der Waals surface area contributed by atoms with Crippen LogP contribution in [0.25, 0.3) is 0 Å². The Bertz CT molecular complexity index is 970. The zero-order chi connectivity index (χ0) is 22.6. The molecule has 0 fully saturated rings. The molecular weight excluding hydrogens is 396 g/mol. The van der Waals surface area contributed by atoms with Crippen LogP contribution < -0.4 is 24.4 Å². The van der Waals surface area contributed by atoms with Gasteiger partial charge in [0, 0.05) is 17.8 Å². The van der Waals surface area contributed by atoms with Gasteiger partial charge in [-0.05, 0) is 71.0 Å². The normalized spacial score (nSPS) is 14.9. The van der Waals surface area contributed by atoms with Gasteiger partial charge in [0.25, 0.3) is 5.91 Å². The Balaban J connectivity index is 1.87. The van der Waals surface area contributed by atoms with E-state index < -0.39 is 5.41 Å². The molecule has 2 aromatic rings.